The van der Waals surface area contributed by atoms with Crippen LogP contribution in [0.2, 0.25) is 0 Å². The summed E-state index contributed by atoms with van der Waals surface area (Å²) in [5.41, 5.74) is 3.97. The Bertz CT molecular complexity index is 508. The van der Waals surface area contributed by atoms with Crippen LogP contribution in [0.25, 0.3) is 0 Å². The third-order valence-electron chi connectivity index (χ3n) is 2.46. The lowest BCUT2D eigenvalue weighted by molar-refractivity contribution is 1.05. The van der Waals surface area contributed by atoms with E-state index in [-0.39, 0.29) is 0 Å². The molecule has 0 bridgehead atoms. The minimum Gasteiger partial charge on any atom is -0.365 e. The molecule has 2 heterocycles. The first-order chi connectivity index (χ1) is 8.20. The largest absolute Gasteiger partial charge is 0.365 e. The van der Waals surface area contributed by atoms with Crippen LogP contribution in [-0.4, -0.2) is 22.0 Å². The van der Waals surface area contributed by atoms with Crippen molar-refractivity contribution in [1.29, 1.82) is 0 Å². The molecule has 6 heteroatoms. The van der Waals surface area contributed by atoms with Crippen molar-refractivity contribution in [2.24, 2.45) is 0 Å². The van der Waals surface area contributed by atoms with Crippen molar-refractivity contribution in [2.75, 3.05) is 17.7 Å². The molecular formula is C11H15N5S. The van der Waals surface area contributed by atoms with E-state index >= 15 is 0 Å². The fraction of sp³-hybridized carbons (Fsp3) is 0.364. The van der Waals surface area contributed by atoms with Crippen molar-refractivity contribution < 1.29 is 0 Å². The van der Waals surface area contributed by atoms with Gasteiger partial charge in [0.25, 0.3) is 0 Å². The van der Waals surface area contributed by atoms with E-state index in [2.05, 4.69) is 25.6 Å². The summed E-state index contributed by atoms with van der Waals surface area (Å²) in [7, 11) is 1.81. The van der Waals surface area contributed by atoms with Crippen LogP contribution < -0.4 is 10.6 Å². The van der Waals surface area contributed by atoms with E-state index in [1.54, 1.807) is 17.5 Å². The monoisotopic (exact) mass is 249 g/mol. The fourth-order valence-electron chi connectivity index (χ4n) is 1.40. The Morgan fingerprint density at radius 3 is 2.76 bits per heavy atom. The van der Waals surface area contributed by atoms with Gasteiger partial charge in [-0.05, 0) is 13.8 Å². The minimum atomic E-state index is 0.624. The first kappa shape index (κ1) is 11.8. The van der Waals surface area contributed by atoms with Gasteiger partial charge in [0.15, 0.2) is 0 Å². The van der Waals surface area contributed by atoms with Crippen LogP contribution in [0.4, 0.5) is 11.8 Å². The highest BCUT2D eigenvalue weighted by atomic mass is 32.1. The summed E-state index contributed by atoms with van der Waals surface area (Å²) in [6, 6.07) is 0. The molecule has 2 aromatic rings. The van der Waals surface area contributed by atoms with Crippen LogP contribution in [0.1, 0.15) is 16.1 Å². The SMILES string of the molecule is CNc1ncc(C)c(NCc2scnc2C)n1. The van der Waals surface area contributed by atoms with E-state index < -0.39 is 0 Å². The highest BCUT2D eigenvalue weighted by Gasteiger charge is 2.05. The first-order valence-electron chi connectivity index (χ1n) is 5.35. The molecule has 0 radical (unpaired) electrons. The lowest BCUT2D eigenvalue weighted by Gasteiger charge is -2.08. The average Bonchev–Trinajstić information content (AvgIpc) is 2.74. The molecule has 0 aliphatic rings. The second-order valence-electron chi connectivity index (χ2n) is 3.69. The highest BCUT2D eigenvalue weighted by Crippen LogP contribution is 2.17. The summed E-state index contributed by atoms with van der Waals surface area (Å²) in [5, 5.41) is 6.24. The number of nitrogens with one attached hydrogen (secondary N) is 2. The van der Waals surface area contributed by atoms with Crippen LogP contribution in [-0.2, 0) is 6.54 Å². The summed E-state index contributed by atoms with van der Waals surface area (Å²) in [6.07, 6.45) is 1.81. The Morgan fingerprint density at radius 2 is 2.12 bits per heavy atom. The molecule has 0 atom stereocenters. The highest BCUT2D eigenvalue weighted by molar-refractivity contribution is 7.09. The number of aromatic nitrogens is 3. The van der Waals surface area contributed by atoms with Crippen LogP contribution in [0.3, 0.4) is 0 Å². The van der Waals surface area contributed by atoms with Crippen molar-refractivity contribution in [3.05, 3.63) is 27.8 Å². The number of hydrogen-bond donors (Lipinski definition) is 2. The van der Waals surface area contributed by atoms with Gasteiger partial charge in [0.2, 0.25) is 5.95 Å². The van der Waals surface area contributed by atoms with Gasteiger partial charge < -0.3 is 10.6 Å². The molecule has 2 N–H and O–H groups in total. The van der Waals surface area contributed by atoms with Crippen molar-refractivity contribution >= 4 is 23.1 Å². The molecule has 0 saturated heterocycles. The molecule has 0 fully saturated rings. The lowest BCUT2D eigenvalue weighted by Crippen LogP contribution is -2.06. The zero-order valence-electron chi connectivity index (χ0n) is 10.1. The van der Waals surface area contributed by atoms with Gasteiger partial charge in [0.05, 0.1) is 17.7 Å². The molecule has 5 nitrogen and oxygen atoms in total. The summed E-state index contributed by atoms with van der Waals surface area (Å²) < 4.78 is 0. The summed E-state index contributed by atoms with van der Waals surface area (Å²) in [4.78, 5) is 14.0. The van der Waals surface area contributed by atoms with Gasteiger partial charge in [-0.2, -0.15) is 4.98 Å². The van der Waals surface area contributed by atoms with Crippen LogP contribution in [0.5, 0.6) is 0 Å². The van der Waals surface area contributed by atoms with Crippen molar-refractivity contribution in [1.82, 2.24) is 15.0 Å². The van der Waals surface area contributed by atoms with Gasteiger partial charge in [-0.15, -0.1) is 11.3 Å². The number of rotatable bonds is 4. The van der Waals surface area contributed by atoms with E-state index in [1.807, 2.05) is 26.4 Å². The molecule has 0 spiro atoms. The summed E-state index contributed by atoms with van der Waals surface area (Å²) >= 11 is 1.65. The molecule has 2 rings (SSSR count). The number of nitrogens with zero attached hydrogens (tertiary/aromatic N) is 3. The van der Waals surface area contributed by atoms with E-state index in [4.69, 9.17) is 0 Å². The van der Waals surface area contributed by atoms with E-state index in [0.29, 0.717) is 5.95 Å². The molecule has 90 valence electrons. The van der Waals surface area contributed by atoms with Crippen LogP contribution in [0, 0.1) is 13.8 Å². The molecule has 0 unspecified atom stereocenters. The Morgan fingerprint density at radius 1 is 1.29 bits per heavy atom. The Labute approximate surface area is 104 Å². The predicted octanol–water partition coefficient (Wildman–Crippen LogP) is 2.20. The average molecular weight is 249 g/mol. The zero-order valence-corrected chi connectivity index (χ0v) is 10.9. The topological polar surface area (TPSA) is 62.7 Å². The first-order valence-corrected chi connectivity index (χ1v) is 6.23. The lowest BCUT2D eigenvalue weighted by atomic mass is 10.3. The smallest absolute Gasteiger partial charge is 0.224 e. The quantitative estimate of drug-likeness (QED) is 0.869. The van der Waals surface area contributed by atoms with Gasteiger partial charge in [0.1, 0.15) is 5.82 Å². The second kappa shape index (κ2) is 5.09. The molecule has 0 aliphatic carbocycles. The third-order valence-corrected chi connectivity index (χ3v) is 3.39. The van der Waals surface area contributed by atoms with Gasteiger partial charge in [0, 0.05) is 23.7 Å². The molecule has 0 aliphatic heterocycles. The minimum absolute atomic E-state index is 0.624. The maximum absolute atomic E-state index is 4.37. The second-order valence-corrected chi connectivity index (χ2v) is 4.63. The fourth-order valence-corrected chi connectivity index (χ4v) is 2.12. The van der Waals surface area contributed by atoms with Crippen molar-refractivity contribution in [3.63, 3.8) is 0 Å². The van der Waals surface area contributed by atoms with Gasteiger partial charge in [-0.25, -0.2) is 9.97 Å². The maximum atomic E-state index is 4.37. The molecule has 0 amide bonds. The van der Waals surface area contributed by atoms with Crippen molar-refractivity contribution in [2.45, 2.75) is 20.4 Å². The molecular weight excluding hydrogens is 234 g/mol. The van der Waals surface area contributed by atoms with E-state index in [1.165, 1.54) is 4.88 Å². The van der Waals surface area contributed by atoms with Crippen LogP contribution >= 0.6 is 11.3 Å². The van der Waals surface area contributed by atoms with Crippen LogP contribution in [0.15, 0.2) is 11.7 Å². The Balaban J connectivity index is 2.11. The Kier molecular flexibility index (Phi) is 3.53. The molecule has 17 heavy (non-hydrogen) atoms. The molecule has 0 saturated carbocycles. The van der Waals surface area contributed by atoms with Gasteiger partial charge in [-0.3, -0.25) is 0 Å². The summed E-state index contributed by atoms with van der Waals surface area (Å²) in [6.45, 7) is 4.75. The standard InChI is InChI=1S/C11H15N5S/c1-7-4-14-11(12-3)16-10(7)13-5-9-8(2)15-6-17-9/h4,6H,5H2,1-3H3,(H2,12,13,14,16). The predicted molar refractivity (Wildman–Crippen MR) is 70.5 cm³/mol. The van der Waals surface area contributed by atoms with Gasteiger partial charge in [-0.1, -0.05) is 0 Å². The molecule has 0 aromatic carbocycles. The Hall–Kier alpha value is -1.69. The zero-order chi connectivity index (χ0) is 12.3. The summed E-state index contributed by atoms with van der Waals surface area (Å²) in [5.74, 6) is 1.48. The normalized spacial score (nSPS) is 10.3. The number of thiazole rings is 1. The number of hydrogen-bond acceptors (Lipinski definition) is 6. The van der Waals surface area contributed by atoms with Gasteiger partial charge >= 0.3 is 0 Å². The number of anilines is 2. The number of aryl methyl sites for hydroxylation is 2. The maximum Gasteiger partial charge on any atom is 0.224 e. The van der Waals surface area contributed by atoms with E-state index in [9.17, 15) is 0 Å². The third kappa shape index (κ3) is 2.71. The molecule has 2 aromatic heterocycles. The van der Waals surface area contributed by atoms with E-state index in [0.717, 1.165) is 23.6 Å². The van der Waals surface area contributed by atoms with Crippen molar-refractivity contribution in [3.8, 4) is 0 Å².